The molecule has 8 heteroatoms. The zero-order valence-corrected chi connectivity index (χ0v) is 17.8. The second-order valence-corrected chi connectivity index (χ2v) is 7.45. The minimum absolute atomic E-state index is 0.333. The number of rotatable bonds is 5. The Balaban J connectivity index is 1.91. The van der Waals surface area contributed by atoms with Crippen molar-refractivity contribution in [3.05, 3.63) is 74.0 Å². The fourth-order valence-electron chi connectivity index (χ4n) is 2.90. The minimum atomic E-state index is -0.333. The normalized spacial score (nSPS) is 10.8. The Morgan fingerprint density at radius 1 is 1.14 bits per heavy atom. The summed E-state index contributed by atoms with van der Waals surface area (Å²) in [6.07, 6.45) is 0. The van der Waals surface area contributed by atoms with Gasteiger partial charge in [-0.15, -0.1) is 0 Å². The Morgan fingerprint density at radius 2 is 1.82 bits per heavy atom. The number of halogens is 3. The number of anilines is 1. The van der Waals surface area contributed by atoms with Crippen LogP contribution in [0.15, 0.2) is 36.4 Å². The van der Waals surface area contributed by atoms with E-state index in [1.165, 1.54) is 7.11 Å². The van der Waals surface area contributed by atoms with E-state index in [0.717, 1.165) is 11.3 Å². The lowest BCUT2D eigenvalue weighted by atomic mass is 10.1. The molecule has 0 unspecified atom stereocenters. The molecule has 1 amide bonds. The number of methoxy groups -OCH3 is 1. The molecule has 146 valence electrons. The van der Waals surface area contributed by atoms with E-state index >= 15 is 0 Å². The van der Waals surface area contributed by atoms with Gasteiger partial charge in [0.2, 0.25) is 0 Å². The summed E-state index contributed by atoms with van der Waals surface area (Å²) in [5.41, 5.74) is 3.19. The molecule has 1 N–H and O–H groups in total. The van der Waals surface area contributed by atoms with Crippen LogP contribution in [0, 0.1) is 13.8 Å². The number of hydrogen-bond acceptors (Lipinski definition) is 3. The van der Waals surface area contributed by atoms with E-state index in [1.54, 1.807) is 41.1 Å². The van der Waals surface area contributed by atoms with Crippen molar-refractivity contribution in [1.29, 1.82) is 0 Å². The van der Waals surface area contributed by atoms with Crippen LogP contribution in [0.1, 0.15) is 27.3 Å². The van der Waals surface area contributed by atoms with Crippen molar-refractivity contribution in [2.24, 2.45) is 0 Å². The minimum Gasteiger partial charge on any atom is -0.496 e. The molecule has 0 bridgehead atoms. The number of ether oxygens (including phenoxy) is 1. The van der Waals surface area contributed by atoms with E-state index < -0.39 is 0 Å². The first-order valence-electron chi connectivity index (χ1n) is 8.43. The number of aryl methyl sites for hydroxylation is 1. The van der Waals surface area contributed by atoms with E-state index in [9.17, 15) is 4.79 Å². The monoisotopic (exact) mass is 437 g/mol. The first-order chi connectivity index (χ1) is 13.3. The molecule has 3 rings (SSSR count). The van der Waals surface area contributed by atoms with Crippen LogP contribution in [0.2, 0.25) is 15.1 Å². The molecule has 0 aliphatic rings. The van der Waals surface area contributed by atoms with Gasteiger partial charge >= 0.3 is 0 Å². The van der Waals surface area contributed by atoms with Gasteiger partial charge in [-0.3, -0.25) is 9.48 Å². The molecule has 1 heterocycles. The van der Waals surface area contributed by atoms with Crippen molar-refractivity contribution >= 4 is 46.4 Å². The van der Waals surface area contributed by atoms with Gasteiger partial charge in [-0.2, -0.15) is 5.10 Å². The molecule has 28 heavy (non-hydrogen) atoms. The lowest BCUT2D eigenvalue weighted by Crippen LogP contribution is -2.14. The Kier molecular flexibility index (Phi) is 6.18. The summed E-state index contributed by atoms with van der Waals surface area (Å²) in [5.74, 6) is 0.105. The SMILES string of the molecule is COc1ccc(Cl)cc1C(=O)Nc1c(C)nn(Cc2c(Cl)cccc2Cl)c1C. The topological polar surface area (TPSA) is 56.1 Å². The van der Waals surface area contributed by atoms with Crippen LogP contribution < -0.4 is 10.1 Å². The number of amides is 1. The largest absolute Gasteiger partial charge is 0.496 e. The zero-order chi connectivity index (χ0) is 20.4. The zero-order valence-electron chi connectivity index (χ0n) is 15.5. The second-order valence-electron chi connectivity index (χ2n) is 6.20. The second kappa shape index (κ2) is 8.43. The van der Waals surface area contributed by atoms with Gasteiger partial charge in [0.25, 0.3) is 5.91 Å². The van der Waals surface area contributed by atoms with Gasteiger partial charge in [0.05, 0.1) is 36.3 Å². The lowest BCUT2D eigenvalue weighted by molar-refractivity contribution is 0.102. The maximum atomic E-state index is 12.8. The van der Waals surface area contributed by atoms with E-state index in [-0.39, 0.29) is 5.91 Å². The molecule has 2 aromatic carbocycles. The summed E-state index contributed by atoms with van der Waals surface area (Å²) >= 11 is 18.6. The summed E-state index contributed by atoms with van der Waals surface area (Å²) in [4.78, 5) is 12.8. The van der Waals surface area contributed by atoms with Crippen molar-refractivity contribution in [1.82, 2.24) is 9.78 Å². The fourth-order valence-corrected chi connectivity index (χ4v) is 3.59. The van der Waals surface area contributed by atoms with E-state index in [2.05, 4.69) is 10.4 Å². The van der Waals surface area contributed by atoms with Crippen molar-refractivity contribution in [3.8, 4) is 5.75 Å². The van der Waals surface area contributed by atoms with Gasteiger partial charge < -0.3 is 10.1 Å². The summed E-state index contributed by atoms with van der Waals surface area (Å²) in [7, 11) is 1.50. The number of aromatic nitrogens is 2. The molecule has 0 aliphatic carbocycles. The van der Waals surface area contributed by atoms with Crippen LogP contribution in [0.25, 0.3) is 0 Å². The average Bonchev–Trinajstić information content (AvgIpc) is 2.92. The van der Waals surface area contributed by atoms with Crippen molar-refractivity contribution < 1.29 is 9.53 Å². The van der Waals surface area contributed by atoms with Crippen LogP contribution in [0.4, 0.5) is 5.69 Å². The lowest BCUT2D eigenvalue weighted by Gasteiger charge is -2.11. The molecule has 3 aromatic rings. The predicted octanol–water partition coefficient (Wildman–Crippen LogP) is 5.77. The van der Waals surface area contributed by atoms with Crippen LogP contribution in [-0.2, 0) is 6.54 Å². The number of carbonyl (C=O) groups is 1. The van der Waals surface area contributed by atoms with Gasteiger partial charge in [-0.05, 0) is 44.2 Å². The van der Waals surface area contributed by atoms with Crippen molar-refractivity contribution in [2.75, 3.05) is 12.4 Å². The molecule has 0 saturated carbocycles. The van der Waals surface area contributed by atoms with E-state index in [4.69, 9.17) is 39.5 Å². The third kappa shape index (κ3) is 4.12. The molecule has 5 nitrogen and oxygen atoms in total. The summed E-state index contributed by atoms with van der Waals surface area (Å²) < 4.78 is 7.02. The molecule has 0 atom stereocenters. The molecular weight excluding hydrogens is 421 g/mol. The molecule has 0 aliphatic heterocycles. The highest BCUT2D eigenvalue weighted by Crippen LogP contribution is 2.29. The maximum Gasteiger partial charge on any atom is 0.259 e. The third-order valence-electron chi connectivity index (χ3n) is 4.40. The van der Waals surface area contributed by atoms with Crippen LogP contribution in [0.5, 0.6) is 5.75 Å². The molecule has 0 radical (unpaired) electrons. The van der Waals surface area contributed by atoms with Crippen molar-refractivity contribution in [3.63, 3.8) is 0 Å². The quantitative estimate of drug-likeness (QED) is 0.550. The average molecular weight is 439 g/mol. The Hall–Kier alpha value is -2.21. The number of nitrogens with zero attached hydrogens (tertiary/aromatic N) is 2. The van der Waals surface area contributed by atoms with Gasteiger partial charge in [-0.1, -0.05) is 40.9 Å². The Bertz CT molecular complexity index is 1030. The Morgan fingerprint density at radius 3 is 2.46 bits per heavy atom. The molecule has 0 spiro atoms. The van der Waals surface area contributed by atoms with Gasteiger partial charge in [0.15, 0.2) is 0 Å². The van der Waals surface area contributed by atoms with Crippen molar-refractivity contribution in [2.45, 2.75) is 20.4 Å². The molecule has 0 fully saturated rings. The Labute approximate surface area is 178 Å². The highest BCUT2D eigenvalue weighted by molar-refractivity contribution is 6.36. The number of hydrogen-bond donors (Lipinski definition) is 1. The smallest absolute Gasteiger partial charge is 0.259 e. The van der Waals surface area contributed by atoms with Gasteiger partial charge in [-0.25, -0.2) is 0 Å². The van der Waals surface area contributed by atoms with E-state index in [1.807, 2.05) is 13.8 Å². The van der Waals surface area contributed by atoms with Crippen LogP contribution in [0.3, 0.4) is 0 Å². The van der Waals surface area contributed by atoms with Crippen LogP contribution in [-0.4, -0.2) is 22.8 Å². The number of nitrogens with one attached hydrogen (secondary N) is 1. The van der Waals surface area contributed by atoms with E-state index in [0.29, 0.717) is 44.3 Å². The summed E-state index contributed by atoms with van der Waals surface area (Å²) in [5, 5.41) is 9.00. The molecule has 0 saturated heterocycles. The van der Waals surface area contributed by atoms with Crippen LogP contribution >= 0.6 is 34.8 Å². The fraction of sp³-hybridized carbons (Fsp3) is 0.200. The maximum absolute atomic E-state index is 12.8. The number of benzene rings is 2. The highest BCUT2D eigenvalue weighted by atomic mass is 35.5. The molecular formula is C20H18Cl3N3O2. The standard InChI is InChI=1S/C20H18Cl3N3O2/c1-11-19(24-20(27)14-9-13(21)7-8-18(14)28-3)12(2)26(25-11)10-15-16(22)5-4-6-17(15)23/h4-9H,10H2,1-3H3,(H,24,27). The first-order valence-corrected chi connectivity index (χ1v) is 9.57. The molecule has 1 aromatic heterocycles. The first kappa shape index (κ1) is 20.5. The number of carbonyl (C=O) groups excluding carboxylic acids is 1. The van der Waals surface area contributed by atoms with Gasteiger partial charge in [0, 0.05) is 20.6 Å². The summed E-state index contributed by atoms with van der Waals surface area (Å²) in [6.45, 7) is 4.08. The third-order valence-corrected chi connectivity index (χ3v) is 5.34. The predicted molar refractivity (Wildman–Crippen MR) is 113 cm³/mol. The highest BCUT2D eigenvalue weighted by Gasteiger charge is 2.19. The van der Waals surface area contributed by atoms with Gasteiger partial charge in [0.1, 0.15) is 5.75 Å². The summed E-state index contributed by atoms with van der Waals surface area (Å²) in [6, 6.07) is 10.2.